The van der Waals surface area contributed by atoms with E-state index < -0.39 is 0 Å². The number of amides is 1. The molecule has 1 aliphatic heterocycles. The second-order valence-electron chi connectivity index (χ2n) is 6.24. The molecule has 3 rings (SSSR count). The van der Waals surface area contributed by atoms with Gasteiger partial charge in [-0.1, -0.05) is 6.07 Å². The van der Waals surface area contributed by atoms with Crippen LogP contribution in [0.5, 0.6) is 0 Å². The summed E-state index contributed by atoms with van der Waals surface area (Å²) in [5.41, 5.74) is 2.85. The predicted molar refractivity (Wildman–Crippen MR) is 92.9 cm³/mol. The number of aryl methyl sites for hydroxylation is 2. The van der Waals surface area contributed by atoms with Crippen molar-refractivity contribution in [3.63, 3.8) is 0 Å². The van der Waals surface area contributed by atoms with Gasteiger partial charge in [-0.3, -0.25) is 9.78 Å². The molecule has 0 unspecified atom stereocenters. The molecule has 0 aromatic carbocycles. The molecule has 0 atom stereocenters. The van der Waals surface area contributed by atoms with E-state index in [0.717, 1.165) is 48.8 Å². The van der Waals surface area contributed by atoms with Crippen LogP contribution in [-0.4, -0.2) is 52.2 Å². The van der Waals surface area contributed by atoms with E-state index in [4.69, 9.17) is 0 Å². The highest BCUT2D eigenvalue weighted by atomic mass is 16.2. The SMILES string of the molecule is Cc1ccc(CC(=O)N2CCCN(c3ccc(C)nn3)CC2)cn1. The Balaban J connectivity index is 1.59. The third-order valence-corrected chi connectivity index (χ3v) is 4.28. The van der Waals surface area contributed by atoms with Crippen LogP contribution in [0.4, 0.5) is 5.82 Å². The van der Waals surface area contributed by atoms with Crippen LogP contribution in [0.15, 0.2) is 30.5 Å². The summed E-state index contributed by atoms with van der Waals surface area (Å²) >= 11 is 0. The molecule has 1 fully saturated rings. The quantitative estimate of drug-likeness (QED) is 0.861. The fourth-order valence-corrected chi connectivity index (χ4v) is 2.85. The number of carbonyl (C=O) groups is 1. The van der Waals surface area contributed by atoms with Gasteiger partial charge < -0.3 is 9.80 Å². The minimum absolute atomic E-state index is 0.164. The van der Waals surface area contributed by atoms with Crippen LogP contribution >= 0.6 is 0 Å². The van der Waals surface area contributed by atoms with E-state index in [1.54, 1.807) is 6.20 Å². The molecule has 1 saturated heterocycles. The van der Waals surface area contributed by atoms with Gasteiger partial charge in [-0.2, -0.15) is 5.10 Å². The third-order valence-electron chi connectivity index (χ3n) is 4.28. The van der Waals surface area contributed by atoms with E-state index in [1.165, 1.54) is 0 Å². The number of nitrogens with zero attached hydrogens (tertiary/aromatic N) is 5. The Bertz CT molecular complexity index is 684. The fourth-order valence-electron chi connectivity index (χ4n) is 2.85. The Morgan fingerprint density at radius 1 is 1.00 bits per heavy atom. The van der Waals surface area contributed by atoms with Crippen molar-refractivity contribution in [3.8, 4) is 0 Å². The average molecular weight is 325 g/mol. The first-order valence-corrected chi connectivity index (χ1v) is 8.36. The van der Waals surface area contributed by atoms with Crippen molar-refractivity contribution in [1.29, 1.82) is 0 Å². The van der Waals surface area contributed by atoms with Gasteiger partial charge in [0, 0.05) is 38.1 Å². The molecule has 2 aromatic rings. The van der Waals surface area contributed by atoms with Crippen molar-refractivity contribution in [2.75, 3.05) is 31.1 Å². The van der Waals surface area contributed by atoms with Crippen LogP contribution < -0.4 is 4.90 Å². The highest BCUT2D eigenvalue weighted by Gasteiger charge is 2.20. The molecule has 0 spiro atoms. The molecule has 2 aromatic heterocycles. The fraction of sp³-hybridized carbons (Fsp3) is 0.444. The first kappa shape index (κ1) is 16.4. The number of anilines is 1. The average Bonchev–Trinajstić information content (AvgIpc) is 2.84. The lowest BCUT2D eigenvalue weighted by Gasteiger charge is -2.22. The van der Waals surface area contributed by atoms with Crippen LogP contribution in [-0.2, 0) is 11.2 Å². The first-order chi connectivity index (χ1) is 11.6. The van der Waals surface area contributed by atoms with E-state index in [9.17, 15) is 4.79 Å². The molecule has 0 N–H and O–H groups in total. The van der Waals surface area contributed by atoms with E-state index in [1.807, 2.05) is 43.0 Å². The van der Waals surface area contributed by atoms with Crippen molar-refractivity contribution in [2.24, 2.45) is 0 Å². The monoisotopic (exact) mass is 325 g/mol. The van der Waals surface area contributed by atoms with Crippen molar-refractivity contribution in [1.82, 2.24) is 20.1 Å². The lowest BCUT2D eigenvalue weighted by Crippen LogP contribution is -2.36. The summed E-state index contributed by atoms with van der Waals surface area (Å²) in [5, 5.41) is 8.38. The molecule has 126 valence electrons. The number of hydrogen-bond acceptors (Lipinski definition) is 5. The number of carbonyl (C=O) groups excluding carboxylic acids is 1. The summed E-state index contributed by atoms with van der Waals surface area (Å²) < 4.78 is 0. The molecular weight excluding hydrogens is 302 g/mol. The lowest BCUT2D eigenvalue weighted by atomic mass is 10.2. The minimum Gasteiger partial charge on any atom is -0.353 e. The zero-order valence-corrected chi connectivity index (χ0v) is 14.3. The molecule has 3 heterocycles. The van der Waals surface area contributed by atoms with Gasteiger partial charge >= 0.3 is 0 Å². The molecule has 6 nitrogen and oxygen atoms in total. The summed E-state index contributed by atoms with van der Waals surface area (Å²) in [6.07, 6.45) is 3.14. The summed E-state index contributed by atoms with van der Waals surface area (Å²) in [7, 11) is 0. The Kier molecular flexibility index (Phi) is 5.03. The van der Waals surface area contributed by atoms with Crippen LogP contribution in [0.3, 0.4) is 0 Å². The largest absolute Gasteiger partial charge is 0.353 e. The second-order valence-corrected chi connectivity index (χ2v) is 6.24. The Hall–Kier alpha value is -2.50. The molecule has 1 amide bonds. The van der Waals surface area contributed by atoms with E-state index in [2.05, 4.69) is 20.1 Å². The Labute approximate surface area is 142 Å². The van der Waals surface area contributed by atoms with Gasteiger partial charge in [-0.25, -0.2) is 0 Å². The second kappa shape index (κ2) is 7.38. The van der Waals surface area contributed by atoms with Crippen molar-refractivity contribution < 1.29 is 4.79 Å². The van der Waals surface area contributed by atoms with Gasteiger partial charge in [0.15, 0.2) is 5.82 Å². The highest BCUT2D eigenvalue weighted by molar-refractivity contribution is 5.78. The normalized spacial score (nSPS) is 15.2. The summed E-state index contributed by atoms with van der Waals surface area (Å²) in [6.45, 7) is 7.06. The van der Waals surface area contributed by atoms with Crippen molar-refractivity contribution >= 4 is 11.7 Å². The zero-order valence-electron chi connectivity index (χ0n) is 14.3. The molecule has 0 radical (unpaired) electrons. The molecule has 24 heavy (non-hydrogen) atoms. The van der Waals surface area contributed by atoms with Crippen molar-refractivity contribution in [3.05, 3.63) is 47.4 Å². The number of aromatic nitrogens is 3. The first-order valence-electron chi connectivity index (χ1n) is 8.36. The van der Waals surface area contributed by atoms with E-state index in [0.29, 0.717) is 13.0 Å². The highest BCUT2D eigenvalue weighted by Crippen LogP contribution is 2.14. The zero-order chi connectivity index (χ0) is 16.9. The number of hydrogen-bond donors (Lipinski definition) is 0. The van der Waals surface area contributed by atoms with Gasteiger partial charge in [-0.05, 0) is 44.0 Å². The molecule has 0 saturated carbocycles. The van der Waals surface area contributed by atoms with Gasteiger partial charge in [0.1, 0.15) is 0 Å². The molecule has 1 aliphatic rings. The van der Waals surface area contributed by atoms with Crippen molar-refractivity contribution in [2.45, 2.75) is 26.7 Å². The topological polar surface area (TPSA) is 62.2 Å². The molecule has 0 bridgehead atoms. The Morgan fingerprint density at radius 3 is 2.54 bits per heavy atom. The predicted octanol–water partition coefficient (Wildman–Crippen LogP) is 1.77. The van der Waals surface area contributed by atoms with E-state index in [-0.39, 0.29) is 5.91 Å². The van der Waals surface area contributed by atoms with E-state index >= 15 is 0 Å². The van der Waals surface area contributed by atoms with Crippen LogP contribution in [0, 0.1) is 13.8 Å². The van der Waals surface area contributed by atoms with Crippen LogP contribution in [0.25, 0.3) is 0 Å². The molecular formula is C18H23N5O. The minimum atomic E-state index is 0.164. The summed E-state index contributed by atoms with van der Waals surface area (Å²) in [4.78, 5) is 21.0. The Morgan fingerprint density at radius 2 is 1.83 bits per heavy atom. The van der Waals surface area contributed by atoms with Gasteiger partial charge in [0.25, 0.3) is 0 Å². The maximum absolute atomic E-state index is 12.5. The molecule has 0 aliphatic carbocycles. The number of pyridine rings is 1. The lowest BCUT2D eigenvalue weighted by molar-refractivity contribution is -0.130. The van der Waals surface area contributed by atoms with Gasteiger partial charge in [0.2, 0.25) is 5.91 Å². The maximum atomic E-state index is 12.5. The smallest absolute Gasteiger partial charge is 0.227 e. The third kappa shape index (κ3) is 4.07. The summed E-state index contributed by atoms with van der Waals surface area (Å²) in [6, 6.07) is 7.90. The number of rotatable bonds is 3. The van der Waals surface area contributed by atoms with Gasteiger partial charge in [0.05, 0.1) is 12.1 Å². The summed E-state index contributed by atoms with van der Waals surface area (Å²) in [5.74, 6) is 1.05. The van der Waals surface area contributed by atoms with Gasteiger partial charge in [-0.15, -0.1) is 5.10 Å². The standard InChI is InChI=1S/C18H23N5O/c1-14-4-6-16(13-19-14)12-18(24)23-9-3-8-22(10-11-23)17-7-5-15(2)20-21-17/h4-7,13H,3,8-12H2,1-2H3. The maximum Gasteiger partial charge on any atom is 0.227 e. The van der Waals surface area contributed by atoms with Crippen LogP contribution in [0.1, 0.15) is 23.4 Å². The molecule has 6 heteroatoms. The van der Waals surface area contributed by atoms with Crippen LogP contribution in [0.2, 0.25) is 0 Å².